The highest BCUT2D eigenvalue weighted by Gasteiger charge is 2.30. The molecule has 3 rings (SSSR count). The molecule has 0 radical (unpaired) electrons. The van der Waals surface area contributed by atoms with E-state index < -0.39 is 6.10 Å². The van der Waals surface area contributed by atoms with Gasteiger partial charge in [0.15, 0.2) is 0 Å². The highest BCUT2D eigenvalue weighted by atomic mass is 35.5. The van der Waals surface area contributed by atoms with Gasteiger partial charge in [-0.1, -0.05) is 41.9 Å². The minimum absolute atomic E-state index is 0.154. The van der Waals surface area contributed by atoms with E-state index in [1.54, 1.807) is 16.5 Å². The molecule has 0 unspecified atom stereocenters. The molecule has 0 bridgehead atoms. The molecule has 6 heteroatoms. The summed E-state index contributed by atoms with van der Waals surface area (Å²) >= 11 is 6.38. The number of likely N-dealkylation sites (tertiary alicyclic amines) is 1. The van der Waals surface area contributed by atoms with Gasteiger partial charge in [-0.2, -0.15) is 5.10 Å². The predicted octanol–water partition coefficient (Wildman–Crippen LogP) is 2.10. The van der Waals surface area contributed by atoms with Crippen LogP contribution in [-0.2, 0) is 6.54 Å². The number of aryl methyl sites for hydroxylation is 1. The van der Waals surface area contributed by atoms with E-state index in [1.807, 2.05) is 30.3 Å². The fourth-order valence-electron chi connectivity index (χ4n) is 2.74. The lowest BCUT2D eigenvalue weighted by Gasteiger charge is -2.15. The molecule has 1 fully saturated rings. The summed E-state index contributed by atoms with van der Waals surface area (Å²) in [6.45, 7) is 3.22. The van der Waals surface area contributed by atoms with Crippen LogP contribution in [-0.4, -0.2) is 44.9 Å². The van der Waals surface area contributed by atoms with Crippen molar-refractivity contribution in [2.45, 2.75) is 26.0 Å². The first-order chi connectivity index (χ1) is 10.6. The first-order valence-electron chi connectivity index (χ1n) is 7.30. The van der Waals surface area contributed by atoms with Gasteiger partial charge < -0.3 is 10.0 Å². The number of nitrogens with zero attached hydrogens (tertiary/aromatic N) is 3. The van der Waals surface area contributed by atoms with Gasteiger partial charge in [-0.25, -0.2) is 4.68 Å². The molecule has 1 saturated heterocycles. The molecule has 1 amide bonds. The summed E-state index contributed by atoms with van der Waals surface area (Å²) in [4.78, 5) is 14.2. The van der Waals surface area contributed by atoms with Gasteiger partial charge in [-0.3, -0.25) is 4.79 Å². The van der Waals surface area contributed by atoms with Gasteiger partial charge in [-0.15, -0.1) is 0 Å². The summed E-state index contributed by atoms with van der Waals surface area (Å²) in [6.07, 6.45) is 0.169. The SMILES string of the molecule is Cc1nn(Cc2ccccc2)c(Cl)c1C(=O)N1CC[C@H](O)C1. The van der Waals surface area contributed by atoms with Crippen LogP contribution in [0.4, 0.5) is 0 Å². The Labute approximate surface area is 134 Å². The summed E-state index contributed by atoms with van der Waals surface area (Å²) in [6, 6.07) is 9.85. The van der Waals surface area contributed by atoms with Crippen molar-refractivity contribution >= 4 is 17.5 Å². The molecule has 0 saturated carbocycles. The smallest absolute Gasteiger partial charge is 0.258 e. The molecule has 5 nitrogen and oxygen atoms in total. The van der Waals surface area contributed by atoms with E-state index in [0.717, 1.165) is 5.56 Å². The molecule has 1 aliphatic rings. The molecule has 0 spiro atoms. The molecule has 1 aromatic carbocycles. The standard InChI is InChI=1S/C16H18ClN3O2/c1-11-14(16(22)19-8-7-13(21)10-19)15(17)20(18-11)9-12-5-3-2-4-6-12/h2-6,13,21H,7-10H2,1H3/t13-/m0/s1. The average molecular weight is 320 g/mol. The van der Waals surface area contributed by atoms with E-state index in [2.05, 4.69) is 5.10 Å². The van der Waals surface area contributed by atoms with E-state index in [0.29, 0.717) is 42.5 Å². The van der Waals surface area contributed by atoms with Crippen LogP contribution in [0.3, 0.4) is 0 Å². The van der Waals surface area contributed by atoms with Gasteiger partial charge in [0, 0.05) is 13.1 Å². The number of rotatable bonds is 3. The Balaban J connectivity index is 1.85. The van der Waals surface area contributed by atoms with Crippen molar-refractivity contribution in [3.63, 3.8) is 0 Å². The highest BCUT2D eigenvalue weighted by molar-refractivity contribution is 6.33. The van der Waals surface area contributed by atoms with Gasteiger partial charge in [0.2, 0.25) is 0 Å². The number of amides is 1. The monoisotopic (exact) mass is 319 g/mol. The van der Waals surface area contributed by atoms with Gasteiger partial charge >= 0.3 is 0 Å². The number of aliphatic hydroxyl groups is 1. The van der Waals surface area contributed by atoms with Crippen molar-refractivity contribution in [2.75, 3.05) is 13.1 Å². The second-order valence-corrected chi connectivity index (χ2v) is 5.95. The maximum absolute atomic E-state index is 12.6. The molecule has 1 aliphatic heterocycles. The lowest BCUT2D eigenvalue weighted by Crippen LogP contribution is -2.30. The number of carbonyl (C=O) groups is 1. The normalized spacial score (nSPS) is 18.0. The number of aromatic nitrogens is 2. The number of benzene rings is 1. The van der Waals surface area contributed by atoms with Crippen LogP contribution in [0.5, 0.6) is 0 Å². The summed E-state index contributed by atoms with van der Waals surface area (Å²) in [5.41, 5.74) is 2.13. The Morgan fingerprint density at radius 1 is 1.41 bits per heavy atom. The molecule has 1 N–H and O–H groups in total. The van der Waals surface area contributed by atoms with Crippen LogP contribution >= 0.6 is 11.6 Å². The van der Waals surface area contributed by atoms with Crippen LogP contribution < -0.4 is 0 Å². The number of hydrogen-bond acceptors (Lipinski definition) is 3. The summed E-state index contributed by atoms with van der Waals surface area (Å²) in [5.74, 6) is -0.154. The minimum atomic E-state index is -0.442. The molecule has 0 aliphatic carbocycles. The third-order valence-electron chi connectivity index (χ3n) is 3.91. The lowest BCUT2D eigenvalue weighted by molar-refractivity contribution is 0.0764. The van der Waals surface area contributed by atoms with Crippen LogP contribution in [0.2, 0.25) is 5.15 Å². The third kappa shape index (κ3) is 2.87. The lowest BCUT2D eigenvalue weighted by atomic mass is 10.2. The quantitative estimate of drug-likeness (QED) is 0.942. The van der Waals surface area contributed by atoms with E-state index in [-0.39, 0.29) is 5.91 Å². The summed E-state index contributed by atoms with van der Waals surface area (Å²) in [5, 5.41) is 14.3. The Morgan fingerprint density at radius 3 is 2.77 bits per heavy atom. The molecule has 1 atom stereocenters. The second-order valence-electron chi connectivity index (χ2n) is 5.59. The van der Waals surface area contributed by atoms with Gasteiger partial charge in [0.1, 0.15) is 5.15 Å². The third-order valence-corrected chi connectivity index (χ3v) is 4.29. The molecule has 1 aromatic heterocycles. The highest BCUT2D eigenvalue weighted by Crippen LogP contribution is 2.24. The maximum Gasteiger partial charge on any atom is 0.258 e. The average Bonchev–Trinajstić information content (AvgIpc) is 3.04. The zero-order valence-corrected chi connectivity index (χ0v) is 13.1. The Hall–Kier alpha value is -1.85. The predicted molar refractivity (Wildman–Crippen MR) is 84.0 cm³/mol. The number of β-amino-alcohol motifs (C(OH)–C–C–N with tert-alkyl or cyclic N) is 1. The Kier molecular flexibility index (Phi) is 4.18. The van der Waals surface area contributed by atoms with Crippen LogP contribution in [0, 0.1) is 6.92 Å². The van der Waals surface area contributed by atoms with Crippen molar-refractivity contribution in [2.24, 2.45) is 0 Å². The summed E-state index contributed by atoms with van der Waals surface area (Å²) in [7, 11) is 0. The maximum atomic E-state index is 12.6. The topological polar surface area (TPSA) is 58.4 Å². The van der Waals surface area contributed by atoms with Crippen molar-refractivity contribution in [3.05, 3.63) is 52.3 Å². The van der Waals surface area contributed by atoms with Gasteiger partial charge in [-0.05, 0) is 18.9 Å². The van der Waals surface area contributed by atoms with Crippen molar-refractivity contribution in [1.82, 2.24) is 14.7 Å². The van der Waals surface area contributed by atoms with Crippen molar-refractivity contribution in [3.8, 4) is 0 Å². The van der Waals surface area contributed by atoms with Crippen LogP contribution in [0.1, 0.15) is 28.0 Å². The van der Waals surface area contributed by atoms with Crippen LogP contribution in [0.15, 0.2) is 30.3 Å². The number of aliphatic hydroxyl groups excluding tert-OH is 1. The van der Waals surface area contributed by atoms with E-state index in [9.17, 15) is 9.90 Å². The van der Waals surface area contributed by atoms with Crippen molar-refractivity contribution in [1.29, 1.82) is 0 Å². The van der Waals surface area contributed by atoms with E-state index >= 15 is 0 Å². The van der Waals surface area contributed by atoms with E-state index in [1.165, 1.54) is 0 Å². The minimum Gasteiger partial charge on any atom is -0.391 e. The Morgan fingerprint density at radius 2 is 2.14 bits per heavy atom. The molecule has 2 heterocycles. The van der Waals surface area contributed by atoms with Crippen molar-refractivity contribution < 1.29 is 9.90 Å². The first-order valence-corrected chi connectivity index (χ1v) is 7.68. The zero-order chi connectivity index (χ0) is 15.7. The van der Waals surface area contributed by atoms with E-state index in [4.69, 9.17) is 11.6 Å². The molecular formula is C16H18ClN3O2. The zero-order valence-electron chi connectivity index (χ0n) is 12.4. The molecular weight excluding hydrogens is 302 g/mol. The number of carbonyl (C=O) groups excluding carboxylic acids is 1. The Bertz CT molecular complexity index is 684. The van der Waals surface area contributed by atoms with Gasteiger partial charge in [0.25, 0.3) is 5.91 Å². The van der Waals surface area contributed by atoms with Crippen LogP contribution in [0.25, 0.3) is 0 Å². The first kappa shape index (κ1) is 15.1. The van der Waals surface area contributed by atoms with Gasteiger partial charge in [0.05, 0.1) is 23.9 Å². The second kappa shape index (κ2) is 6.10. The number of hydrogen-bond donors (Lipinski definition) is 1. The molecule has 116 valence electrons. The molecule has 22 heavy (non-hydrogen) atoms. The number of halogens is 1. The fourth-order valence-corrected chi connectivity index (χ4v) is 3.06. The fraction of sp³-hybridized carbons (Fsp3) is 0.375. The largest absolute Gasteiger partial charge is 0.391 e. The molecule has 2 aromatic rings. The summed E-state index contributed by atoms with van der Waals surface area (Å²) < 4.78 is 1.64.